The third kappa shape index (κ3) is 6.72. The fraction of sp³-hybridized carbons (Fsp3) is 0.545. The molecular formula is C22H24Cl2F3N3O5. The molecule has 0 saturated heterocycles. The van der Waals surface area contributed by atoms with E-state index in [-0.39, 0.29) is 36.0 Å². The lowest BCUT2D eigenvalue weighted by Crippen LogP contribution is -2.46. The Kier molecular flexibility index (Phi) is 7.99. The highest BCUT2D eigenvalue weighted by Crippen LogP contribution is 2.40. The van der Waals surface area contributed by atoms with Crippen molar-refractivity contribution in [2.45, 2.75) is 62.8 Å². The molecule has 2 aromatic rings. The van der Waals surface area contributed by atoms with Gasteiger partial charge >= 0.3 is 6.36 Å². The number of fused-ring (bicyclic) bond motifs is 1. The monoisotopic (exact) mass is 537 g/mol. The van der Waals surface area contributed by atoms with E-state index in [1.54, 1.807) is 16.9 Å². The molecule has 1 amide bonds. The van der Waals surface area contributed by atoms with Crippen molar-refractivity contribution in [1.29, 1.82) is 0 Å². The minimum absolute atomic E-state index is 0.0551. The number of carbonyl (C=O) groups is 1. The molecule has 8 nitrogen and oxygen atoms in total. The van der Waals surface area contributed by atoms with Crippen molar-refractivity contribution in [3.8, 4) is 11.5 Å². The number of aliphatic hydroxyl groups is 1. The first-order valence-electron chi connectivity index (χ1n) is 11.1. The molecule has 192 valence electrons. The summed E-state index contributed by atoms with van der Waals surface area (Å²) in [7, 11) is 0. The number of hydrogen-bond donors (Lipinski definition) is 2. The van der Waals surface area contributed by atoms with Gasteiger partial charge in [-0.1, -0.05) is 23.2 Å². The maximum atomic E-state index is 12.8. The molecule has 0 bridgehead atoms. The van der Waals surface area contributed by atoms with Crippen LogP contribution in [0.4, 0.5) is 13.2 Å². The minimum atomic E-state index is -4.68. The first kappa shape index (κ1) is 25.9. The molecule has 35 heavy (non-hydrogen) atoms. The molecule has 4 rings (SSSR count). The third-order valence-corrected chi connectivity index (χ3v) is 6.75. The van der Waals surface area contributed by atoms with Crippen LogP contribution in [-0.4, -0.2) is 52.5 Å². The summed E-state index contributed by atoms with van der Waals surface area (Å²) in [6.07, 6.45) is -0.321. The van der Waals surface area contributed by atoms with Crippen LogP contribution in [0.3, 0.4) is 0 Å². The highest BCUT2D eigenvalue weighted by atomic mass is 35.5. The minimum Gasteiger partial charge on any atom is -0.488 e. The Balaban J connectivity index is 1.23. The predicted molar refractivity (Wildman–Crippen MR) is 120 cm³/mol. The van der Waals surface area contributed by atoms with Crippen LogP contribution in [0.5, 0.6) is 11.5 Å². The van der Waals surface area contributed by atoms with E-state index < -0.39 is 25.2 Å². The van der Waals surface area contributed by atoms with Gasteiger partial charge in [0.2, 0.25) is 0 Å². The zero-order valence-electron chi connectivity index (χ0n) is 18.4. The van der Waals surface area contributed by atoms with E-state index in [9.17, 15) is 23.1 Å². The number of benzene rings is 1. The molecule has 1 aliphatic heterocycles. The Hall–Kier alpha value is -2.21. The second-order valence-corrected chi connectivity index (χ2v) is 9.29. The Bertz CT molecular complexity index is 1040. The van der Waals surface area contributed by atoms with Gasteiger partial charge in [-0.3, -0.25) is 14.2 Å². The van der Waals surface area contributed by atoms with E-state index in [4.69, 9.17) is 32.7 Å². The lowest BCUT2D eigenvalue weighted by molar-refractivity contribution is -0.325. The van der Waals surface area contributed by atoms with Crippen molar-refractivity contribution in [1.82, 2.24) is 15.1 Å². The van der Waals surface area contributed by atoms with Crippen molar-refractivity contribution in [2.75, 3.05) is 13.2 Å². The van der Waals surface area contributed by atoms with Gasteiger partial charge in [0.05, 0.1) is 41.2 Å². The zero-order chi connectivity index (χ0) is 25.2. The third-order valence-electron chi connectivity index (χ3n) is 6.02. The van der Waals surface area contributed by atoms with Crippen LogP contribution in [-0.2, 0) is 9.53 Å². The second kappa shape index (κ2) is 10.8. The lowest BCUT2D eigenvalue weighted by Gasteiger charge is -2.33. The van der Waals surface area contributed by atoms with Gasteiger partial charge in [0, 0.05) is 24.1 Å². The van der Waals surface area contributed by atoms with Gasteiger partial charge in [0.15, 0.2) is 11.9 Å². The van der Waals surface area contributed by atoms with Crippen molar-refractivity contribution in [3.63, 3.8) is 0 Å². The summed E-state index contributed by atoms with van der Waals surface area (Å²) in [6, 6.07) is 3.07. The van der Waals surface area contributed by atoms with Gasteiger partial charge in [-0.25, -0.2) is 0 Å². The zero-order valence-corrected chi connectivity index (χ0v) is 19.9. The predicted octanol–water partition coefficient (Wildman–Crippen LogP) is 4.59. The van der Waals surface area contributed by atoms with Crippen LogP contribution in [0.2, 0.25) is 10.0 Å². The summed E-state index contributed by atoms with van der Waals surface area (Å²) in [5.41, 5.74) is 0.499. The van der Waals surface area contributed by atoms with E-state index in [2.05, 4.69) is 15.2 Å². The van der Waals surface area contributed by atoms with Crippen LogP contribution >= 0.6 is 23.2 Å². The van der Waals surface area contributed by atoms with Crippen LogP contribution in [0, 0.1) is 0 Å². The Labute approximate surface area is 209 Å². The number of aromatic nitrogens is 2. The summed E-state index contributed by atoms with van der Waals surface area (Å²) in [4.78, 5) is 12.8. The first-order valence-corrected chi connectivity index (χ1v) is 11.9. The van der Waals surface area contributed by atoms with E-state index in [0.717, 1.165) is 12.8 Å². The molecule has 1 fully saturated rings. The molecule has 0 spiro atoms. The molecule has 2 heterocycles. The SMILES string of the molecule is O=C(NC1CCC(n2cc(OCCOC(F)(F)F)cn2)CC1)[C@H]1C[C@@H](O)c2cc(Cl)c(Cl)cc2O1. The number of alkyl halides is 3. The normalized spacial score (nSPS) is 24.4. The van der Waals surface area contributed by atoms with E-state index in [0.29, 0.717) is 34.9 Å². The van der Waals surface area contributed by atoms with Crippen LogP contribution in [0.15, 0.2) is 24.5 Å². The molecule has 2 aliphatic rings. The van der Waals surface area contributed by atoms with Crippen molar-refractivity contribution >= 4 is 29.1 Å². The van der Waals surface area contributed by atoms with Crippen molar-refractivity contribution in [2.24, 2.45) is 0 Å². The number of nitrogens with one attached hydrogen (secondary N) is 1. The fourth-order valence-corrected chi connectivity index (χ4v) is 4.61. The van der Waals surface area contributed by atoms with Crippen LogP contribution in [0.25, 0.3) is 0 Å². The van der Waals surface area contributed by atoms with E-state index in [1.165, 1.54) is 12.3 Å². The van der Waals surface area contributed by atoms with Gasteiger partial charge < -0.3 is 19.9 Å². The molecule has 2 atom stereocenters. The molecule has 1 saturated carbocycles. The quantitative estimate of drug-likeness (QED) is 0.501. The first-order chi connectivity index (χ1) is 16.6. The summed E-state index contributed by atoms with van der Waals surface area (Å²) in [6.45, 7) is -0.848. The summed E-state index contributed by atoms with van der Waals surface area (Å²) >= 11 is 12.0. The van der Waals surface area contributed by atoms with Crippen molar-refractivity contribution in [3.05, 3.63) is 40.1 Å². The Morgan fingerprint density at radius 2 is 1.91 bits per heavy atom. The smallest absolute Gasteiger partial charge is 0.488 e. The van der Waals surface area contributed by atoms with Crippen molar-refractivity contribution < 1.29 is 37.3 Å². The summed E-state index contributed by atoms with van der Waals surface area (Å²) in [5, 5.41) is 18.2. The standard InChI is InChI=1S/C22H24Cl2F3N3O5/c23-16-7-15-18(31)9-20(35-19(15)8-17(16)24)21(32)29-12-1-3-13(4-2-12)30-11-14(10-28-30)33-5-6-34-22(25,26)27/h7-8,10-13,18,20,31H,1-6,9H2,(H,29,32)/t12?,13?,18-,20-/m1/s1. The van der Waals surface area contributed by atoms with Gasteiger partial charge in [-0.05, 0) is 31.7 Å². The molecule has 0 unspecified atom stereocenters. The van der Waals surface area contributed by atoms with Crippen LogP contribution in [0.1, 0.15) is 49.8 Å². The van der Waals surface area contributed by atoms with Gasteiger partial charge in [-0.15, -0.1) is 13.2 Å². The van der Waals surface area contributed by atoms with Gasteiger partial charge in [0.25, 0.3) is 5.91 Å². The molecule has 1 aromatic heterocycles. The van der Waals surface area contributed by atoms with E-state index in [1.807, 2.05) is 0 Å². The Morgan fingerprint density at radius 3 is 2.63 bits per heavy atom. The molecule has 1 aromatic carbocycles. The number of aliphatic hydroxyl groups excluding tert-OH is 1. The summed E-state index contributed by atoms with van der Waals surface area (Å²) in [5.74, 6) is 0.393. The average molecular weight is 538 g/mol. The topological polar surface area (TPSA) is 94.8 Å². The van der Waals surface area contributed by atoms with Gasteiger partial charge in [0.1, 0.15) is 12.4 Å². The molecule has 13 heteroatoms. The van der Waals surface area contributed by atoms with Crippen LogP contribution < -0.4 is 14.8 Å². The highest BCUT2D eigenvalue weighted by molar-refractivity contribution is 6.42. The number of hydrogen-bond acceptors (Lipinski definition) is 6. The Morgan fingerprint density at radius 1 is 1.20 bits per heavy atom. The maximum Gasteiger partial charge on any atom is 0.522 e. The maximum absolute atomic E-state index is 12.8. The lowest BCUT2D eigenvalue weighted by atomic mass is 9.91. The number of ether oxygens (including phenoxy) is 3. The number of nitrogens with zero attached hydrogens (tertiary/aromatic N) is 2. The number of rotatable bonds is 7. The summed E-state index contributed by atoms with van der Waals surface area (Å²) < 4.78 is 52.4. The molecular weight excluding hydrogens is 514 g/mol. The molecule has 1 aliphatic carbocycles. The molecule has 0 radical (unpaired) electrons. The molecule has 2 N–H and O–H groups in total. The van der Waals surface area contributed by atoms with Gasteiger partial charge in [-0.2, -0.15) is 5.10 Å². The number of carbonyl (C=O) groups excluding carboxylic acids is 1. The number of halogens is 5. The highest BCUT2D eigenvalue weighted by Gasteiger charge is 2.34. The largest absolute Gasteiger partial charge is 0.522 e. The average Bonchev–Trinajstić information content (AvgIpc) is 3.27. The fourth-order valence-electron chi connectivity index (χ4n) is 4.29. The number of amides is 1. The van der Waals surface area contributed by atoms with E-state index >= 15 is 0 Å². The second-order valence-electron chi connectivity index (χ2n) is 8.47.